The summed E-state index contributed by atoms with van der Waals surface area (Å²) in [5.74, 6) is 0. The van der Waals surface area contributed by atoms with Gasteiger partial charge in [-0.05, 0) is 72.6 Å². The number of aliphatic hydroxyl groups is 1. The third-order valence-corrected chi connectivity index (χ3v) is 5.81. The van der Waals surface area contributed by atoms with E-state index in [1.165, 1.54) is 10.4 Å². The summed E-state index contributed by atoms with van der Waals surface area (Å²) in [5, 5.41) is 23.8. The van der Waals surface area contributed by atoms with Crippen molar-refractivity contribution in [3.05, 3.63) is 44.3 Å². The maximum absolute atomic E-state index is 10.6. The number of hydrogen-bond donors (Lipinski definition) is 3. The van der Waals surface area contributed by atoms with Crippen molar-refractivity contribution in [1.82, 2.24) is 10.6 Å². The van der Waals surface area contributed by atoms with Gasteiger partial charge in [-0.2, -0.15) is 11.3 Å². The fraction of sp³-hybridized carbons (Fsp3) is 0.579. The quantitative estimate of drug-likeness (QED) is 0.600. The maximum atomic E-state index is 10.6. The molecule has 2 aromatic rings. The minimum atomic E-state index is -0.808. The minimum absolute atomic E-state index is 0.343. The zero-order chi connectivity index (χ0) is 17.6. The predicted molar refractivity (Wildman–Crippen MR) is 106 cm³/mol. The van der Waals surface area contributed by atoms with E-state index in [1.54, 1.807) is 11.3 Å². The molecule has 0 amide bonds. The highest BCUT2D eigenvalue weighted by Crippen LogP contribution is 2.23. The Morgan fingerprint density at radius 2 is 2.00 bits per heavy atom. The number of nitrogens with one attached hydrogen (secondary N) is 2. The van der Waals surface area contributed by atoms with E-state index in [0.717, 1.165) is 24.9 Å². The van der Waals surface area contributed by atoms with Crippen LogP contribution >= 0.6 is 22.7 Å². The van der Waals surface area contributed by atoms with Crippen molar-refractivity contribution in [2.75, 3.05) is 13.1 Å². The minimum Gasteiger partial charge on any atom is -0.384 e. The largest absolute Gasteiger partial charge is 0.384 e. The Kier molecular flexibility index (Phi) is 7.44. The summed E-state index contributed by atoms with van der Waals surface area (Å²) in [6.07, 6.45) is 2.09. The molecule has 0 spiro atoms. The first-order valence-corrected chi connectivity index (χ1v) is 10.5. The topological polar surface area (TPSA) is 44.3 Å². The Morgan fingerprint density at radius 1 is 1.21 bits per heavy atom. The highest BCUT2D eigenvalue weighted by molar-refractivity contribution is 7.10. The van der Waals surface area contributed by atoms with Crippen LogP contribution in [0.3, 0.4) is 0 Å². The van der Waals surface area contributed by atoms with Crippen molar-refractivity contribution >= 4 is 22.7 Å². The zero-order valence-electron chi connectivity index (χ0n) is 15.1. The van der Waals surface area contributed by atoms with Crippen LogP contribution in [0.2, 0.25) is 0 Å². The van der Waals surface area contributed by atoms with Crippen LogP contribution < -0.4 is 10.6 Å². The summed E-state index contributed by atoms with van der Waals surface area (Å²) < 4.78 is 0. The third kappa shape index (κ3) is 6.30. The average Bonchev–Trinajstić information content (AvgIpc) is 3.17. The van der Waals surface area contributed by atoms with Crippen LogP contribution in [0.15, 0.2) is 28.3 Å². The molecule has 134 valence electrons. The smallest absolute Gasteiger partial charge is 0.1000 e. The SMILES string of the molecule is CC(C)NCCc1csc(CC(C)NCC(C)(O)c2ccsc2)c1. The molecule has 2 rings (SSSR count). The van der Waals surface area contributed by atoms with Gasteiger partial charge in [0.15, 0.2) is 0 Å². The van der Waals surface area contributed by atoms with Gasteiger partial charge < -0.3 is 15.7 Å². The van der Waals surface area contributed by atoms with Crippen LogP contribution in [0.25, 0.3) is 0 Å². The molecular weight excluding hydrogens is 336 g/mol. The summed E-state index contributed by atoms with van der Waals surface area (Å²) >= 11 is 3.46. The first-order chi connectivity index (χ1) is 11.4. The average molecular weight is 367 g/mol. The van der Waals surface area contributed by atoms with Crippen LogP contribution in [-0.4, -0.2) is 30.3 Å². The van der Waals surface area contributed by atoms with E-state index in [2.05, 4.69) is 42.9 Å². The molecule has 5 heteroatoms. The van der Waals surface area contributed by atoms with Gasteiger partial charge in [-0.25, -0.2) is 0 Å². The molecule has 2 aromatic heterocycles. The fourth-order valence-corrected chi connectivity index (χ4v) is 4.43. The number of thiophene rings is 2. The van der Waals surface area contributed by atoms with Crippen molar-refractivity contribution in [3.63, 3.8) is 0 Å². The number of rotatable bonds is 10. The summed E-state index contributed by atoms with van der Waals surface area (Å²) in [6.45, 7) is 10.0. The Hall–Kier alpha value is -0.720. The van der Waals surface area contributed by atoms with Gasteiger partial charge >= 0.3 is 0 Å². The second-order valence-corrected chi connectivity index (χ2v) is 8.83. The highest BCUT2D eigenvalue weighted by atomic mass is 32.1. The van der Waals surface area contributed by atoms with Gasteiger partial charge in [0.1, 0.15) is 0 Å². The van der Waals surface area contributed by atoms with E-state index in [9.17, 15) is 5.11 Å². The molecule has 0 bridgehead atoms. The molecule has 2 atom stereocenters. The van der Waals surface area contributed by atoms with Crippen LogP contribution in [0.4, 0.5) is 0 Å². The maximum Gasteiger partial charge on any atom is 0.1000 e. The summed E-state index contributed by atoms with van der Waals surface area (Å²) in [7, 11) is 0. The van der Waals surface area contributed by atoms with Crippen molar-refractivity contribution in [2.45, 2.75) is 58.2 Å². The van der Waals surface area contributed by atoms with E-state index in [-0.39, 0.29) is 0 Å². The molecule has 0 aliphatic carbocycles. The Bertz CT molecular complexity index is 590. The summed E-state index contributed by atoms with van der Waals surface area (Å²) in [5.41, 5.74) is 1.60. The first-order valence-electron chi connectivity index (χ1n) is 8.65. The lowest BCUT2D eigenvalue weighted by atomic mass is 9.99. The lowest BCUT2D eigenvalue weighted by molar-refractivity contribution is 0.0548. The van der Waals surface area contributed by atoms with E-state index < -0.39 is 5.60 Å². The molecule has 2 heterocycles. The fourth-order valence-electron chi connectivity index (χ4n) is 2.59. The monoisotopic (exact) mass is 366 g/mol. The van der Waals surface area contributed by atoms with E-state index in [4.69, 9.17) is 0 Å². The van der Waals surface area contributed by atoms with Gasteiger partial charge in [-0.3, -0.25) is 0 Å². The van der Waals surface area contributed by atoms with Crippen LogP contribution in [-0.2, 0) is 18.4 Å². The lowest BCUT2D eigenvalue weighted by Gasteiger charge is -2.25. The van der Waals surface area contributed by atoms with Crippen molar-refractivity contribution < 1.29 is 5.11 Å². The van der Waals surface area contributed by atoms with Gasteiger partial charge in [0.05, 0.1) is 5.60 Å². The van der Waals surface area contributed by atoms with Gasteiger partial charge in [0, 0.05) is 23.5 Å². The van der Waals surface area contributed by atoms with Gasteiger partial charge in [0.25, 0.3) is 0 Å². The Morgan fingerprint density at radius 3 is 2.67 bits per heavy atom. The van der Waals surface area contributed by atoms with Crippen LogP contribution in [0, 0.1) is 0 Å². The van der Waals surface area contributed by atoms with Crippen LogP contribution in [0.5, 0.6) is 0 Å². The standard InChI is InChI=1S/C19H30N2OS2/c1-14(2)20-7-5-16-10-18(24-11-16)9-15(3)21-13-19(4,22)17-6-8-23-12-17/h6,8,10-12,14-15,20-22H,5,7,9,13H2,1-4H3. The Balaban J connectivity index is 1.76. The van der Waals surface area contributed by atoms with Crippen molar-refractivity contribution in [2.24, 2.45) is 0 Å². The molecule has 0 fully saturated rings. The molecular formula is C19H30N2OS2. The van der Waals surface area contributed by atoms with Crippen molar-refractivity contribution in [3.8, 4) is 0 Å². The molecule has 0 aromatic carbocycles. The van der Waals surface area contributed by atoms with Gasteiger partial charge in [0.2, 0.25) is 0 Å². The molecule has 0 aliphatic heterocycles. The molecule has 0 saturated carbocycles. The molecule has 0 aliphatic rings. The number of hydrogen-bond acceptors (Lipinski definition) is 5. The van der Waals surface area contributed by atoms with Gasteiger partial charge in [-0.1, -0.05) is 13.8 Å². The zero-order valence-corrected chi connectivity index (χ0v) is 16.8. The third-order valence-electron chi connectivity index (χ3n) is 4.12. The molecule has 3 nitrogen and oxygen atoms in total. The summed E-state index contributed by atoms with van der Waals surface area (Å²) in [6, 6.07) is 5.20. The van der Waals surface area contributed by atoms with E-state index in [1.807, 2.05) is 35.1 Å². The lowest BCUT2D eigenvalue weighted by Crippen LogP contribution is -2.40. The normalized spacial score (nSPS) is 15.6. The second-order valence-electron chi connectivity index (χ2n) is 7.05. The van der Waals surface area contributed by atoms with E-state index >= 15 is 0 Å². The Labute approximate surface area is 154 Å². The molecule has 3 N–H and O–H groups in total. The summed E-state index contributed by atoms with van der Waals surface area (Å²) in [4.78, 5) is 1.41. The second kappa shape index (κ2) is 9.11. The first kappa shape index (κ1) is 19.6. The van der Waals surface area contributed by atoms with Gasteiger partial charge in [-0.15, -0.1) is 11.3 Å². The van der Waals surface area contributed by atoms with Crippen molar-refractivity contribution in [1.29, 1.82) is 0 Å². The predicted octanol–water partition coefficient (Wildman–Crippen LogP) is 3.78. The van der Waals surface area contributed by atoms with E-state index in [0.29, 0.717) is 18.6 Å². The molecule has 24 heavy (non-hydrogen) atoms. The molecule has 0 saturated heterocycles. The highest BCUT2D eigenvalue weighted by Gasteiger charge is 2.23. The van der Waals surface area contributed by atoms with Crippen LogP contribution in [0.1, 0.15) is 43.7 Å². The molecule has 2 unspecified atom stereocenters. The molecule has 0 radical (unpaired) electrons.